The molecule has 1 amide bonds. The lowest BCUT2D eigenvalue weighted by Crippen LogP contribution is -2.28. The van der Waals surface area contributed by atoms with E-state index in [-0.39, 0.29) is 11.3 Å². The van der Waals surface area contributed by atoms with Crippen LogP contribution in [0.25, 0.3) is 0 Å². The summed E-state index contributed by atoms with van der Waals surface area (Å²) in [5, 5.41) is 8.49. The topological polar surface area (TPSA) is 57.2 Å². The number of thioether (sulfide) groups is 1. The van der Waals surface area contributed by atoms with Crippen LogP contribution in [-0.2, 0) is 4.79 Å². The minimum absolute atomic E-state index is 0.0606. The third-order valence-corrected chi connectivity index (χ3v) is 3.65. The van der Waals surface area contributed by atoms with Gasteiger partial charge in [-0.25, -0.2) is 0 Å². The zero-order valence-electron chi connectivity index (χ0n) is 8.97. The fraction of sp³-hybridized carbons (Fsp3) is 0.455. The zero-order chi connectivity index (χ0) is 11.5. The number of hydrogen-bond donors (Lipinski definition) is 0. The molecule has 0 radical (unpaired) electrons. The molecule has 1 aliphatic rings. The molecule has 4 nitrogen and oxygen atoms in total. The molecule has 1 fully saturated rings. The molecule has 1 aliphatic heterocycles. The molecule has 1 saturated heterocycles. The van der Waals surface area contributed by atoms with E-state index in [0.29, 0.717) is 18.7 Å². The molecule has 1 atom stereocenters. The van der Waals surface area contributed by atoms with Crippen LogP contribution in [0.1, 0.15) is 23.3 Å². The predicted octanol–water partition coefficient (Wildman–Crippen LogP) is 2.08. The van der Waals surface area contributed by atoms with E-state index in [0.717, 1.165) is 11.5 Å². The first-order valence-corrected chi connectivity index (χ1v) is 6.11. The number of furan rings is 1. The van der Waals surface area contributed by atoms with Crippen molar-refractivity contribution in [3.8, 4) is 6.07 Å². The van der Waals surface area contributed by atoms with E-state index in [1.807, 2.05) is 19.1 Å². The van der Waals surface area contributed by atoms with Crippen LogP contribution < -0.4 is 0 Å². The smallest absolute Gasteiger partial charge is 0.233 e. The highest BCUT2D eigenvalue weighted by Crippen LogP contribution is 2.39. The van der Waals surface area contributed by atoms with Crippen molar-refractivity contribution in [1.82, 2.24) is 4.90 Å². The Morgan fingerprint density at radius 2 is 2.50 bits per heavy atom. The normalized spacial score (nSPS) is 20.1. The van der Waals surface area contributed by atoms with Gasteiger partial charge in [-0.2, -0.15) is 5.26 Å². The van der Waals surface area contributed by atoms with Gasteiger partial charge in [-0.1, -0.05) is 0 Å². The molecule has 2 heterocycles. The standard InChI is InChI=1S/C11H12N2O2S/c1-8-3-4-9(15-8)11-13(6-2-5-12)10(14)7-16-11/h3-4,11H,2,6-7H2,1H3. The van der Waals surface area contributed by atoms with Gasteiger partial charge in [0.05, 0.1) is 18.2 Å². The van der Waals surface area contributed by atoms with Crippen molar-refractivity contribution in [2.24, 2.45) is 0 Å². The number of carbonyl (C=O) groups excluding carboxylic acids is 1. The van der Waals surface area contributed by atoms with Crippen molar-refractivity contribution in [1.29, 1.82) is 5.26 Å². The Balaban J connectivity index is 2.14. The molecule has 0 spiro atoms. The lowest BCUT2D eigenvalue weighted by atomic mass is 10.3. The van der Waals surface area contributed by atoms with E-state index in [1.165, 1.54) is 0 Å². The van der Waals surface area contributed by atoms with Crippen molar-refractivity contribution < 1.29 is 9.21 Å². The van der Waals surface area contributed by atoms with Gasteiger partial charge in [0, 0.05) is 6.54 Å². The summed E-state index contributed by atoms with van der Waals surface area (Å²) >= 11 is 1.55. The van der Waals surface area contributed by atoms with Gasteiger partial charge in [-0.05, 0) is 19.1 Å². The number of nitriles is 1. The first-order valence-electron chi connectivity index (χ1n) is 5.06. The van der Waals surface area contributed by atoms with Crippen LogP contribution in [0.4, 0.5) is 0 Å². The fourth-order valence-corrected chi connectivity index (χ4v) is 2.85. The maximum Gasteiger partial charge on any atom is 0.233 e. The summed E-state index contributed by atoms with van der Waals surface area (Å²) in [5.74, 6) is 2.19. The lowest BCUT2D eigenvalue weighted by Gasteiger charge is -2.20. The molecule has 2 rings (SSSR count). The quantitative estimate of drug-likeness (QED) is 0.806. The van der Waals surface area contributed by atoms with E-state index < -0.39 is 0 Å². The van der Waals surface area contributed by atoms with Gasteiger partial charge in [0.1, 0.15) is 16.9 Å². The molecule has 0 bridgehead atoms. The summed E-state index contributed by atoms with van der Waals surface area (Å²) in [7, 11) is 0. The third kappa shape index (κ3) is 2.07. The van der Waals surface area contributed by atoms with E-state index in [4.69, 9.17) is 9.68 Å². The number of aryl methyl sites for hydroxylation is 1. The largest absolute Gasteiger partial charge is 0.463 e. The second kappa shape index (κ2) is 4.62. The first-order chi connectivity index (χ1) is 7.72. The molecule has 0 aliphatic carbocycles. The minimum atomic E-state index is -0.0606. The van der Waals surface area contributed by atoms with E-state index in [2.05, 4.69) is 6.07 Å². The van der Waals surface area contributed by atoms with Crippen molar-refractivity contribution in [3.63, 3.8) is 0 Å². The highest BCUT2D eigenvalue weighted by Gasteiger charge is 2.34. The van der Waals surface area contributed by atoms with Crippen LogP contribution in [0.2, 0.25) is 0 Å². The molecule has 16 heavy (non-hydrogen) atoms. The van der Waals surface area contributed by atoms with Gasteiger partial charge in [-0.3, -0.25) is 4.79 Å². The predicted molar refractivity (Wildman–Crippen MR) is 60.6 cm³/mol. The molecule has 0 saturated carbocycles. The molecule has 0 N–H and O–H groups in total. The summed E-state index contributed by atoms with van der Waals surface area (Å²) in [4.78, 5) is 13.3. The maximum absolute atomic E-state index is 11.6. The third-order valence-electron chi connectivity index (χ3n) is 2.44. The van der Waals surface area contributed by atoms with Crippen molar-refractivity contribution in [2.45, 2.75) is 18.7 Å². The van der Waals surface area contributed by atoms with Crippen LogP contribution in [0.5, 0.6) is 0 Å². The Kier molecular flexibility index (Phi) is 3.20. The van der Waals surface area contributed by atoms with E-state index in [9.17, 15) is 4.79 Å². The zero-order valence-corrected chi connectivity index (χ0v) is 9.79. The molecule has 0 aromatic carbocycles. The van der Waals surface area contributed by atoms with Crippen molar-refractivity contribution >= 4 is 17.7 Å². The van der Waals surface area contributed by atoms with Gasteiger partial charge in [-0.15, -0.1) is 11.8 Å². The van der Waals surface area contributed by atoms with E-state index >= 15 is 0 Å². The highest BCUT2D eigenvalue weighted by molar-refractivity contribution is 8.00. The number of carbonyl (C=O) groups is 1. The van der Waals surface area contributed by atoms with Gasteiger partial charge < -0.3 is 9.32 Å². The molecular formula is C11H12N2O2S. The Bertz CT molecular complexity index is 435. The van der Waals surface area contributed by atoms with Crippen molar-refractivity contribution in [3.05, 3.63) is 23.7 Å². The highest BCUT2D eigenvalue weighted by atomic mass is 32.2. The molecule has 1 aromatic rings. The van der Waals surface area contributed by atoms with Crippen LogP contribution in [0.3, 0.4) is 0 Å². The Hall–Kier alpha value is -1.41. The summed E-state index contributed by atoms with van der Waals surface area (Å²) in [6.45, 7) is 2.36. The van der Waals surface area contributed by atoms with Crippen molar-refractivity contribution in [2.75, 3.05) is 12.3 Å². The van der Waals surface area contributed by atoms with Gasteiger partial charge in [0.2, 0.25) is 5.91 Å². The number of rotatable bonds is 3. The van der Waals surface area contributed by atoms with Gasteiger partial charge >= 0.3 is 0 Å². The first kappa shape index (κ1) is 11.1. The lowest BCUT2D eigenvalue weighted by molar-refractivity contribution is -0.128. The molecule has 1 aromatic heterocycles. The second-order valence-corrected chi connectivity index (χ2v) is 4.68. The van der Waals surface area contributed by atoms with E-state index in [1.54, 1.807) is 16.7 Å². The van der Waals surface area contributed by atoms with Crippen LogP contribution >= 0.6 is 11.8 Å². The summed E-state index contributed by atoms with van der Waals surface area (Å²) in [6, 6.07) is 5.84. The maximum atomic E-state index is 11.6. The molecular weight excluding hydrogens is 224 g/mol. The minimum Gasteiger partial charge on any atom is -0.463 e. The van der Waals surface area contributed by atoms with Crippen LogP contribution in [0.15, 0.2) is 16.5 Å². The molecule has 1 unspecified atom stereocenters. The second-order valence-electron chi connectivity index (χ2n) is 3.61. The average Bonchev–Trinajstić information content (AvgIpc) is 2.82. The van der Waals surface area contributed by atoms with Crippen LogP contribution in [-0.4, -0.2) is 23.1 Å². The van der Waals surface area contributed by atoms with Gasteiger partial charge in [0.15, 0.2) is 0 Å². The Labute approximate surface area is 98.2 Å². The molecule has 5 heteroatoms. The number of amides is 1. The summed E-state index contributed by atoms with van der Waals surface area (Å²) in [5.41, 5.74) is 0. The monoisotopic (exact) mass is 236 g/mol. The van der Waals surface area contributed by atoms with Crippen LogP contribution in [0, 0.1) is 18.3 Å². The van der Waals surface area contributed by atoms with Gasteiger partial charge in [0.25, 0.3) is 0 Å². The summed E-state index contributed by atoms with van der Waals surface area (Å²) < 4.78 is 5.53. The Morgan fingerprint density at radius 1 is 1.69 bits per heavy atom. The number of hydrogen-bond acceptors (Lipinski definition) is 4. The average molecular weight is 236 g/mol. The number of nitrogens with zero attached hydrogens (tertiary/aromatic N) is 2. The Morgan fingerprint density at radius 3 is 3.12 bits per heavy atom. The summed E-state index contributed by atoms with van der Waals surface area (Å²) in [6.07, 6.45) is 0.364. The molecule has 84 valence electrons. The SMILES string of the molecule is Cc1ccc(C2SCC(=O)N2CCC#N)o1. The fourth-order valence-electron chi connectivity index (χ4n) is 1.69.